The number of rotatable bonds is 4. The van der Waals surface area contributed by atoms with Gasteiger partial charge in [0.15, 0.2) is 5.65 Å². The summed E-state index contributed by atoms with van der Waals surface area (Å²) in [5, 5.41) is 12.0. The fourth-order valence-corrected chi connectivity index (χ4v) is 2.71. The summed E-state index contributed by atoms with van der Waals surface area (Å²) >= 11 is 0. The lowest BCUT2D eigenvalue weighted by Gasteiger charge is -2.07. The van der Waals surface area contributed by atoms with Crippen molar-refractivity contribution in [2.24, 2.45) is 0 Å². The van der Waals surface area contributed by atoms with Crippen LogP contribution in [0.25, 0.3) is 17.0 Å². The molecule has 0 aliphatic carbocycles. The molecule has 0 saturated heterocycles. The number of aromatic carboxylic acids is 1. The highest BCUT2D eigenvalue weighted by atomic mass is 16.4. The van der Waals surface area contributed by atoms with E-state index >= 15 is 0 Å². The highest BCUT2D eigenvalue weighted by Gasteiger charge is 2.13. The molecule has 3 aromatic heterocycles. The number of nitrogens with zero attached hydrogens (tertiary/aromatic N) is 5. The van der Waals surface area contributed by atoms with Crippen molar-refractivity contribution in [3.63, 3.8) is 0 Å². The van der Waals surface area contributed by atoms with E-state index in [0.717, 1.165) is 22.7 Å². The first-order valence-electron chi connectivity index (χ1n) is 7.84. The summed E-state index contributed by atoms with van der Waals surface area (Å²) in [5.74, 6) is -0.554. The van der Waals surface area contributed by atoms with Gasteiger partial charge < -0.3 is 10.4 Å². The van der Waals surface area contributed by atoms with Gasteiger partial charge in [-0.25, -0.2) is 19.7 Å². The second-order valence-electron chi connectivity index (χ2n) is 5.62. The Morgan fingerprint density at radius 3 is 2.69 bits per heavy atom. The number of carboxylic acids is 1. The van der Waals surface area contributed by atoms with Crippen molar-refractivity contribution in [3.8, 4) is 11.4 Å². The Kier molecular flexibility index (Phi) is 3.77. The molecule has 0 unspecified atom stereocenters. The smallest absolute Gasteiger partial charge is 0.335 e. The maximum Gasteiger partial charge on any atom is 0.335 e. The fourth-order valence-electron chi connectivity index (χ4n) is 2.71. The Hall–Kier alpha value is -3.81. The monoisotopic (exact) mass is 346 g/mol. The first kappa shape index (κ1) is 15.7. The van der Waals surface area contributed by atoms with Crippen LogP contribution in [0.3, 0.4) is 0 Å². The first-order valence-corrected chi connectivity index (χ1v) is 7.84. The molecule has 3 heterocycles. The Morgan fingerprint density at radius 2 is 1.92 bits per heavy atom. The minimum Gasteiger partial charge on any atom is -0.478 e. The van der Waals surface area contributed by atoms with Crippen LogP contribution in [0.5, 0.6) is 0 Å². The molecule has 26 heavy (non-hydrogen) atoms. The predicted molar refractivity (Wildman–Crippen MR) is 95.4 cm³/mol. The molecule has 2 N–H and O–H groups in total. The number of nitrogens with one attached hydrogen (secondary N) is 1. The number of anilines is 2. The van der Waals surface area contributed by atoms with Gasteiger partial charge in [-0.3, -0.25) is 9.38 Å². The fraction of sp³-hybridized carbons (Fsp3) is 0.0556. The maximum absolute atomic E-state index is 10.9. The summed E-state index contributed by atoms with van der Waals surface area (Å²) in [6, 6.07) is 8.21. The number of aromatic nitrogens is 5. The minimum absolute atomic E-state index is 0.222. The van der Waals surface area contributed by atoms with E-state index in [1.807, 2.05) is 23.6 Å². The number of benzene rings is 1. The van der Waals surface area contributed by atoms with Gasteiger partial charge in [0.1, 0.15) is 0 Å². The second-order valence-corrected chi connectivity index (χ2v) is 5.62. The Labute approximate surface area is 148 Å². The van der Waals surface area contributed by atoms with Gasteiger partial charge in [0.2, 0.25) is 5.95 Å². The third kappa shape index (κ3) is 2.84. The molecular formula is C18H14N6O2. The zero-order chi connectivity index (χ0) is 18.1. The molecule has 4 aromatic rings. The number of carboxylic acid groups (broad SMARTS) is 1. The molecule has 0 bridgehead atoms. The lowest BCUT2D eigenvalue weighted by Crippen LogP contribution is -2.00. The molecule has 0 aliphatic heterocycles. The topological polar surface area (TPSA) is 105 Å². The standard InChI is InChI=1S/C18H14N6O2/c1-11-16(24-9-8-19-10-15(24)21-11)14-6-7-20-18(23-14)22-13-4-2-12(3-5-13)17(25)26/h2-10H,1H3,(H,25,26)(H,20,22,23). The van der Waals surface area contributed by atoms with Gasteiger partial charge in [-0.15, -0.1) is 0 Å². The lowest BCUT2D eigenvalue weighted by atomic mass is 10.2. The van der Waals surface area contributed by atoms with Crippen molar-refractivity contribution < 1.29 is 9.90 Å². The molecule has 128 valence electrons. The summed E-state index contributed by atoms with van der Waals surface area (Å²) in [4.78, 5) is 28.3. The van der Waals surface area contributed by atoms with Crippen LogP contribution in [0.15, 0.2) is 55.1 Å². The molecule has 8 heteroatoms. The summed E-state index contributed by atoms with van der Waals surface area (Å²) in [7, 11) is 0. The van der Waals surface area contributed by atoms with E-state index in [0.29, 0.717) is 11.6 Å². The number of aryl methyl sites for hydroxylation is 1. The Morgan fingerprint density at radius 1 is 1.12 bits per heavy atom. The number of hydrogen-bond donors (Lipinski definition) is 2. The molecule has 0 saturated carbocycles. The van der Waals surface area contributed by atoms with E-state index in [1.54, 1.807) is 30.7 Å². The minimum atomic E-state index is -0.965. The summed E-state index contributed by atoms with van der Waals surface area (Å²) in [6.07, 6.45) is 6.89. The summed E-state index contributed by atoms with van der Waals surface area (Å²) in [5.41, 5.74) is 4.10. The van der Waals surface area contributed by atoms with Crippen LogP contribution in [-0.4, -0.2) is 35.4 Å². The summed E-state index contributed by atoms with van der Waals surface area (Å²) in [6.45, 7) is 1.92. The van der Waals surface area contributed by atoms with Gasteiger partial charge in [-0.05, 0) is 37.3 Å². The average molecular weight is 346 g/mol. The Bertz CT molecular complexity index is 1100. The average Bonchev–Trinajstić information content (AvgIpc) is 2.98. The van der Waals surface area contributed by atoms with Crippen LogP contribution in [0, 0.1) is 6.92 Å². The second kappa shape index (κ2) is 6.25. The molecule has 0 amide bonds. The van der Waals surface area contributed by atoms with Gasteiger partial charge in [0, 0.05) is 24.3 Å². The molecule has 8 nitrogen and oxygen atoms in total. The van der Waals surface area contributed by atoms with Gasteiger partial charge in [0.05, 0.1) is 28.8 Å². The van der Waals surface area contributed by atoms with Gasteiger partial charge in [-0.2, -0.15) is 0 Å². The van der Waals surface area contributed by atoms with Crippen molar-refractivity contribution in [2.45, 2.75) is 6.92 Å². The molecule has 0 aliphatic rings. The van der Waals surface area contributed by atoms with Crippen molar-refractivity contribution in [1.29, 1.82) is 0 Å². The quantitative estimate of drug-likeness (QED) is 0.585. The largest absolute Gasteiger partial charge is 0.478 e. The van der Waals surface area contributed by atoms with Crippen LogP contribution in [0.2, 0.25) is 0 Å². The normalized spacial score (nSPS) is 10.8. The number of imidazole rings is 1. The molecule has 0 spiro atoms. The molecule has 0 fully saturated rings. The van der Waals surface area contributed by atoms with Gasteiger partial charge in [-0.1, -0.05) is 0 Å². The SMILES string of the molecule is Cc1nc2cnccn2c1-c1ccnc(Nc2ccc(C(=O)O)cc2)n1. The zero-order valence-electron chi connectivity index (χ0n) is 13.8. The van der Waals surface area contributed by atoms with Crippen molar-refractivity contribution in [1.82, 2.24) is 24.3 Å². The summed E-state index contributed by atoms with van der Waals surface area (Å²) < 4.78 is 1.93. The molecular weight excluding hydrogens is 332 g/mol. The number of carbonyl (C=O) groups is 1. The van der Waals surface area contributed by atoms with E-state index in [2.05, 4.69) is 25.3 Å². The van der Waals surface area contributed by atoms with Crippen LogP contribution in [0.1, 0.15) is 16.1 Å². The van der Waals surface area contributed by atoms with Crippen LogP contribution >= 0.6 is 0 Å². The number of fused-ring (bicyclic) bond motifs is 1. The zero-order valence-corrected chi connectivity index (χ0v) is 13.8. The van der Waals surface area contributed by atoms with E-state index in [1.165, 1.54) is 12.1 Å². The first-order chi connectivity index (χ1) is 12.6. The van der Waals surface area contributed by atoms with Crippen LogP contribution in [0.4, 0.5) is 11.6 Å². The lowest BCUT2D eigenvalue weighted by molar-refractivity contribution is 0.0697. The number of hydrogen-bond acceptors (Lipinski definition) is 6. The highest BCUT2D eigenvalue weighted by molar-refractivity contribution is 5.88. The van der Waals surface area contributed by atoms with E-state index in [4.69, 9.17) is 5.11 Å². The maximum atomic E-state index is 10.9. The van der Waals surface area contributed by atoms with Gasteiger partial charge >= 0.3 is 5.97 Å². The molecule has 1 aromatic carbocycles. The molecule has 4 rings (SSSR count). The van der Waals surface area contributed by atoms with Crippen LogP contribution in [-0.2, 0) is 0 Å². The van der Waals surface area contributed by atoms with Crippen molar-refractivity contribution in [3.05, 3.63) is 66.4 Å². The van der Waals surface area contributed by atoms with Gasteiger partial charge in [0.25, 0.3) is 0 Å². The van der Waals surface area contributed by atoms with E-state index in [9.17, 15) is 4.79 Å². The van der Waals surface area contributed by atoms with Crippen molar-refractivity contribution >= 4 is 23.3 Å². The third-order valence-electron chi connectivity index (χ3n) is 3.89. The van der Waals surface area contributed by atoms with Crippen LogP contribution < -0.4 is 5.32 Å². The van der Waals surface area contributed by atoms with Crippen molar-refractivity contribution in [2.75, 3.05) is 5.32 Å². The predicted octanol–water partition coefficient (Wildman–Crippen LogP) is 2.94. The Balaban J connectivity index is 1.68. The molecule has 0 atom stereocenters. The molecule has 0 radical (unpaired) electrons. The van der Waals surface area contributed by atoms with E-state index in [-0.39, 0.29) is 5.56 Å². The third-order valence-corrected chi connectivity index (χ3v) is 3.89. The van der Waals surface area contributed by atoms with E-state index < -0.39 is 5.97 Å². The highest BCUT2D eigenvalue weighted by Crippen LogP contribution is 2.24.